The van der Waals surface area contributed by atoms with Crippen LogP contribution < -0.4 is 5.32 Å². The fourth-order valence-electron chi connectivity index (χ4n) is 3.00. The van der Waals surface area contributed by atoms with Gasteiger partial charge in [-0.1, -0.05) is 38.1 Å². The van der Waals surface area contributed by atoms with Gasteiger partial charge in [-0.25, -0.2) is 0 Å². The molecule has 0 aliphatic heterocycles. The Morgan fingerprint density at radius 2 is 1.90 bits per heavy atom. The standard InChI is InChI=1S/C19H22N2O2.C2H6.CHF3.CH4O/c1-23-11-10-20-19(22)16-12-15-8-5-9-17(18(15)21-13-16)14-6-3-2-4-7-14;1-2;2-1(3)4;1-2/h5-6,8-9,12-13H,2-4,7,10-11H2,1H3,(H,20,22);1-2H3;1H;2H,1H3. The zero-order valence-electron chi connectivity index (χ0n) is 18.6. The smallest absolute Gasteiger partial charge is 0.379 e. The third-order valence-electron chi connectivity index (χ3n) is 4.20. The van der Waals surface area contributed by atoms with Crippen LogP contribution >= 0.6 is 0 Å². The van der Waals surface area contributed by atoms with Crippen LogP contribution in [0.3, 0.4) is 0 Å². The lowest BCUT2D eigenvalue weighted by atomic mass is 9.92. The molecule has 3 rings (SSSR count). The van der Waals surface area contributed by atoms with Crippen molar-refractivity contribution in [3.05, 3.63) is 47.7 Å². The van der Waals surface area contributed by atoms with Crippen molar-refractivity contribution in [1.82, 2.24) is 10.3 Å². The van der Waals surface area contributed by atoms with Crippen molar-refractivity contribution in [3.8, 4) is 0 Å². The number of methoxy groups -OCH3 is 1. The van der Waals surface area contributed by atoms with Crippen molar-refractivity contribution >= 4 is 22.4 Å². The molecule has 0 saturated heterocycles. The summed E-state index contributed by atoms with van der Waals surface area (Å²) in [6.07, 6.45) is 8.75. The summed E-state index contributed by atoms with van der Waals surface area (Å²) in [5.41, 5.74) is 4.15. The highest BCUT2D eigenvalue weighted by Crippen LogP contribution is 2.31. The zero-order valence-corrected chi connectivity index (χ0v) is 18.6. The number of carbonyl (C=O) groups is 1. The summed E-state index contributed by atoms with van der Waals surface area (Å²) in [5.74, 6) is -0.112. The fourth-order valence-corrected chi connectivity index (χ4v) is 3.00. The van der Waals surface area contributed by atoms with Crippen molar-refractivity contribution in [2.75, 3.05) is 27.4 Å². The maximum atomic E-state index is 12.1. The molecule has 2 N–H and O–H groups in total. The van der Waals surface area contributed by atoms with E-state index in [-0.39, 0.29) is 5.91 Å². The lowest BCUT2D eigenvalue weighted by molar-refractivity contribution is 0.00818. The molecule has 0 fully saturated rings. The molecule has 1 aromatic carbocycles. The topological polar surface area (TPSA) is 71.5 Å². The quantitative estimate of drug-likeness (QED) is 0.610. The van der Waals surface area contributed by atoms with Gasteiger partial charge in [-0.05, 0) is 37.3 Å². The molecule has 0 spiro atoms. The molecule has 1 aromatic heterocycles. The number of pyridine rings is 1. The minimum atomic E-state index is -3.67. The minimum Gasteiger partial charge on any atom is -0.400 e. The van der Waals surface area contributed by atoms with Crippen LogP contribution in [0.2, 0.25) is 0 Å². The van der Waals surface area contributed by atoms with Gasteiger partial charge in [0.05, 0.1) is 17.7 Å². The van der Waals surface area contributed by atoms with E-state index in [0.717, 1.165) is 30.9 Å². The van der Waals surface area contributed by atoms with Gasteiger partial charge in [0.15, 0.2) is 0 Å². The third kappa shape index (κ3) is 10.4. The lowest BCUT2D eigenvalue weighted by Gasteiger charge is -2.15. The number of rotatable bonds is 5. The second-order valence-corrected chi connectivity index (χ2v) is 6.07. The summed E-state index contributed by atoms with van der Waals surface area (Å²) < 4.78 is 33.9. The van der Waals surface area contributed by atoms with Gasteiger partial charge in [0.1, 0.15) is 0 Å². The first-order chi connectivity index (χ1) is 15.0. The number of para-hydroxylation sites is 1. The van der Waals surface area contributed by atoms with Crippen molar-refractivity contribution < 1.29 is 27.8 Å². The third-order valence-corrected chi connectivity index (χ3v) is 4.20. The Labute approximate surface area is 182 Å². The Balaban J connectivity index is 0.000000992. The maximum absolute atomic E-state index is 12.1. The highest BCUT2D eigenvalue weighted by Gasteiger charge is 2.12. The number of fused-ring (bicyclic) bond motifs is 1. The van der Waals surface area contributed by atoms with Gasteiger partial charge < -0.3 is 15.2 Å². The first-order valence-electron chi connectivity index (χ1n) is 10.2. The van der Waals surface area contributed by atoms with Gasteiger partial charge in [-0.3, -0.25) is 9.78 Å². The van der Waals surface area contributed by atoms with E-state index < -0.39 is 6.68 Å². The van der Waals surface area contributed by atoms with E-state index in [1.54, 1.807) is 13.3 Å². The number of ether oxygens (including phenoxy) is 1. The van der Waals surface area contributed by atoms with Gasteiger partial charge in [0.2, 0.25) is 0 Å². The molecule has 8 heteroatoms. The average molecular weight is 443 g/mol. The number of carbonyl (C=O) groups excluding carboxylic acids is 1. The summed E-state index contributed by atoms with van der Waals surface area (Å²) in [5, 5.41) is 10.8. The Morgan fingerprint density at radius 3 is 2.48 bits per heavy atom. The van der Waals surface area contributed by atoms with Crippen LogP contribution in [0, 0.1) is 0 Å². The Bertz CT molecular complexity index is 796. The minimum absolute atomic E-state index is 0.112. The normalized spacial score (nSPS) is 12.4. The second kappa shape index (κ2) is 17.3. The number of benzene rings is 1. The van der Waals surface area contributed by atoms with E-state index in [9.17, 15) is 18.0 Å². The molecule has 0 unspecified atom stereocenters. The molecule has 174 valence electrons. The molecule has 5 nitrogen and oxygen atoms in total. The zero-order chi connectivity index (χ0) is 23.6. The first kappa shape index (κ1) is 28.5. The predicted octanol–water partition coefficient (Wildman–Crippen LogP) is 5.38. The van der Waals surface area contributed by atoms with E-state index in [4.69, 9.17) is 9.84 Å². The Kier molecular flexibility index (Phi) is 15.9. The first-order valence-corrected chi connectivity index (χ1v) is 10.2. The molecule has 2 aromatic rings. The molecule has 1 heterocycles. The molecule has 1 amide bonds. The van der Waals surface area contributed by atoms with E-state index in [0.29, 0.717) is 18.7 Å². The summed E-state index contributed by atoms with van der Waals surface area (Å²) in [7, 11) is 2.62. The monoisotopic (exact) mass is 442 g/mol. The van der Waals surface area contributed by atoms with Crippen LogP contribution in [0.1, 0.15) is 55.5 Å². The largest absolute Gasteiger partial charge is 0.400 e. The van der Waals surface area contributed by atoms with Crippen molar-refractivity contribution in [1.29, 1.82) is 0 Å². The number of hydrogen-bond acceptors (Lipinski definition) is 4. The molecule has 0 saturated carbocycles. The molecule has 0 atom stereocenters. The van der Waals surface area contributed by atoms with Gasteiger partial charge in [0.25, 0.3) is 5.91 Å². The van der Waals surface area contributed by atoms with Crippen molar-refractivity contribution in [2.24, 2.45) is 0 Å². The molecule has 31 heavy (non-hydrogen) atoms. The van der Waals surface area contributed by atoms with Crippen LogP contribution in [0.4, 0.5) is 13.2 Å². The highest BCUT2D eigenvalue weighted by atomic mass is 19.4. The number of alkyl halides is 3. The average Bonchev–Trinajstić information content (AvgIpc) is 2.81. The second-order valence-electron chi connectivity index (χ2n) is 6.07. The molecule has 1 aliphatic rings. The summed E-state index contributed by atoms with van der Waals surface area (Å²) >= 11 is 0. The molecular weight excluding hydrogens is 409 g/mol. The number of nitrogens with one attached hydrogen (secondary N) is 1. The summed E-state index contributed by atoms with van der Waals surface area (Å²) in [4.78, 5) is 16.7. The molecule has 0 radical (unpaired) electrons. The summed E-state index contributed by atoms with van der Waals surface area (Å²) in [6.45, 7) is 1.34. The summed E-state index contributed by atoms with van der Waals surface area (Å²) in [6, 6.07) is 8.10. The van der Waals surface area contributed by atoms with Crippen molar-refractivity contribution in [3.63, 3.8) is 0 Å². The fraction of sp³-hybridized carbons (Fsp3) is 0.478. The van der Waals surface area contributed by atoms with E-state index >= 15 is 0 Å². The van der Waals surface area contributed by atoms with Gasteiger partial charge >= 0.3 is 6.68 Å². The lowest BCUT2D eigenvalue weighted by Crippen LogP contribution is -2.27. The number of aromatic nitrogens is 1. The number of aliphatic hydroxyl groups excluding tert-OH is 1. The van der Waals surface area contributed by atoms with Crippen LogP contribution in [-0.2, 0) is 4.74 Å². The Morgan fingerprint density at radius 1 is 1.23 bits per heavy atom. The molecule has 0 bridgehead atoms. The number of amides is 1. The van der Waals surface area contributed by atoms with E-state index in [1.165, 1.54) is 24.0 Å². The molecule has 1 aliphatic carbocycles. The van der Waals surface area contributed by atoms with Crippen LogP contribution in [-0.4, -0.2) is 50.0 Å². The van der Waals surface area contributed by atoms with Crippen molar-refractivity contribution in [2.45, 2.75) is 46.2 Å². The van der Waals surface area contributed by atoms with E-state index in [2.05, 4.69) is 22.4 Å². The van der Waals surface area contributed by atoms with Crippen LogP contribution in [0.5, 0.6) is 0 Å². The SMILES string of the molecule is CC.CO.COCCNC(=O)c1cnc2c(C3=CCCCC3)cccc2c1.FC(F)F. The van der Waals surface area contributed by atoms with Gasteiger partial charge in [-0.2, -0.15) is 13.2 Å². The maximum Gasteiger partial charge on any atom is 0.379 e. The number of allylic oxidation sites excluding steroid dienone is 2. The van der Waals surface area contributed by atoms with Crippen LogP contribution in [0.25, 0.3) is 16.5 Å². The van der Waals surface area contributed by atoms with Gasteiger partial charge in [-0.15, -0.1) is 0 Å². The molecular formula is C23H33F3N2O3. The predicted molar refractivity (Wildman–Crippen MR) is 119 cm³/mol. The number of hydrogen-bond donors (Lipinski definition) is 2. The number of aliphatic hydroxyl groups is 1. The Hall–Kier alpha value is -2.45. The number of halogens is 3. The van der Waals surface area contributed by atoms with Gasteiger partial charge in [0, 0.05) is 37.9 Å². The van der Waals surface area contributed by atoms with E-state index in [1.807, 2.05) is 32.0 Å². The number of nitrogens with zero attached hydrogens (tertiary/aromatic N) is 1. The van der Waals surface area contributed by atoms with Crippen LogP contribution in [0.15, 0.2) is 36.5 Å². The highest BCUT2D eigenvalue weighted by molar-refractivity contribution is 5.99.